The zero-order chi connectivity index (χ0) is 11.9. The van der Waals surface area contributed by atoms with Crippen molar-refractivity contribution in [3.05, 3.63) is 0 Å². The van der Waals surface area contributed by atoms with Crippen LogP contribution in [0, 0.1) is 5.92 Å². The molecule has 0 aromatic heterocycles. The lowest BCUT2D eigenvalue weighted by molar-refractivity contribution is 0.531. The highest BCUT2D eigenvalue weighted by molar-refractivity contribution is 7.92. The van der Waals surface area contributed by atoms with E-state index in [1.807, 2.05) is 0 Å². The van der Waals surface area contributed by atoms with E-state index in [1.165, 1.54) is 6.42 Å². The minimum Gasteiger partial charge on any atom is -0.316 e. The van der Waals surface area contributed by atoms with Crippen molar-refractivity contribution >= 4 is 9.84 Å². The van der Waals surface area contributed by atoms with Crippen LogP contribution < -0.4 is 5.32 Å². The largest absolute Gasteiger partial charge is 0.316 e. The van der Waals surface area contributed by atoms with Crippen LogP contribution in [-0.4, -0.2) is 32.5 Å². The fourth-order valence-electron chi connectivity index (χ4n) is 1.21. The highest BCUT2D eigenvalue weighted by Crippen LogP contribution is 2.02. The van der Waals surface area contributed by atoms with Gasteiger partial charge in [-0.05, 0) is 39.2 Å². The maximum absolute atomic E-state index is 11.4. The van der Waals surface area contributed by atoms with Crippen LogP contribution in [0.1, 0.15) is 40.5 Å². The number of hydrogen-bond acceptors (Lipinski definition) is 3. The molecule has 0 bridgehead atoms. The fraction of sp³-hybridized carbons (Fsp3) is 1.00. The van der Waals surface area contributed by atoms with Gasteiger partial charge in [0.15, 0.2) is 9.84 Å². The molecular weight excluding hydrogens is 210 g/mol. The standard InChI is InChI=1S/C11H25NO2S/c1-10(2)6-5-7-12-8-9-15(13,14)11(3)4/h10-12H,5-9H2,1-4H3. The van der Waals surface area contributed by atoms with Gasteiger partial charge in [-0.1, -0.05) is 13.8 Å². The Morgan fingerprint density at radius 1 is 1.07 bits per heavy atom. The van der Waals surface area contributed by atoms with Crippen LogP contribution in [0.5, 0.6) is 0 Å². The van der Waals surface area contributed by atoms with Crippen molar-refractivity contribution < 1.29 is 8.42 Å². The predicted molar refractivity (Wildman–Crippen MR) is 65.9 cm³/mol. The van der Waals surface area contributed by atoms with E-state index in [2.05, 4.69) is 19.2 Å². The van der Waals surface area contributed by atoms with Gasteiger partial charge in [0.1, 0.15) is 0 Å². The van der Waals surface area contributed by atoms with E-state index in [9.17, 15) is 8.42 Å². The second-order valence-corrected chi connectivity index (χ2v) is 7.38. The predicted octanol–water partition coefficient (Wildman–Crippen LogP) is 1.84. The summed E-state index contributed by atoms with van der Waals surface area (Å²) in [6.07, 6.45) is 2.32. The molecule has 0 saturated carbocycles. The molecule has 0 atom stereocenters. The van der Waals surface area contributed by atoms with Crippen molar-refractivity contribution in [1.29, 1.82) is 0 Å². The third-order valence-electron chi connectivity index (χ3n) is 2.42. The van der Waals surface area contributed by atoms with Crippen molar-refractivity contribution in [2.75, 3.05) is 18.8 Å². The van der Waals surface area contributed by atoms with Gasteiger partial charge in [0.05, 0.1) is 11.0 Å². The molecule has 0 fully saturated rings. The van der Waals surface area contributed by atoms with Crippen molar-refractivity contribution in [1.82, 2.24) is 5.32 Å². The van der Waals surface area contributed by atoms with Crippen LogP contribution in [-0.2, 0) is 9.84 Å². The summed E-state index contributed by atoms with van der Waals surface area (Å²) in [5.74, 6) is 0.984. The lowest BCUT2D eigenvalue weighted by Crippen LogP contribution is -2.27. The zero-order valence-corrected chi connectivity index (χ0v) is 11.2. The zero-order valence-electron chi connectivity index (χ0n) is 10.4. The second-order valence-electron chi connectivity index (χ2n) is 4.70. The van der Waals surface area contributed by atoms with Gasteiger partial charge in [-0.25, -0.2) is 8.42 Å². The van der Waals surface area contributed by atoms with Crippen LogP contribution in [0.4, 0.5) is 0 Å². The summed E-state index contributed by atoms with van der Waals surface area (Å²) in [6, 6.07) is 0. The average Bonchev–Trinajstić information content (AvgIpc) is 2.10. The Bertz CT molecular complexity index is 245. The monoisotopic (exact) mass is 235 g/mol. The van der Waals surface area contributed by atoms with Gasteiger partial charge in [-0.15, -0.1) is 0 Å². The molecule has 0 heterocycles. The first-order valence-electron chi connectivity index (χ1n) is 5.78. The minimum absolute atomic E-state index is 0.255. The van der Waals surface area contributed by atoms with E-state index in [0.717, 1.165) is 18.9 Å². The van der Waals surface area contributed by atoms with E-state index < -0.39 is 9.84 Å². The lowest BCUT2D eigenvalue weighted by atomic mass is 10.1. The number of rotatable bonds is 8. The molecule has 15 heavy (non-hydrogen) atoms. The van der Waals surface area contributed by atoms with E-state index in [0.29, 0.717) is 6.54 Å². The van der Waals surface area contributed by atoms with Gasteiger partial charge >= 0.3 is 0 Å². The lowest BCUT2D eigenvalue weighted by Gasteiger charge is -2.09. The molecule has 0 aromatic rings. The van der Waals surface area contributed by atoms with Crippen molar-refractivity contribution in [3.8, 4) is 0 Å². The quantitative estimate of drug-likeness (QED) is 0.653. The topological polar surface area (TPSA) is 46.2 Å². The van der Waals surface area contributed by atoms with Gasteiger partial charge in [-0.2, -0.15) is 0 Å². The Labute approximate surface area is 94.6 Å². The first-order chi connectivity index (χ1) is 6.86. The summed E-state index contributed by atoms with van der Waals surface area (Å²) in [7, 11) is -2.86. The van der Waals surface area contributed by atoms with Gasteiger partial charge in [0, 0.05) is 6.54 Å². The molecule has 0 spiro atoms. The molecule has 4 heteroatoms. The Hall–Kier alpha value is -0.0900. The number of hydrogen-bond donors (Lipinski definition) is 1. The molecule has 0 aliphatic carbocycles. The highest BCUT2D eigenvalue weighted by atomic mass is 32.2. The molecule has 0 radical (unpaired) electrons. The van der Waals surface area contributed by atoms with Gasteiger partial charge in [-0.3, -0.25) is 0 Å². The Morgan fingerprint density at radius 2 is 1.67 bits per heavy atom. The molecule has 0 aromatic carbocycles. The molecule has 3 nitrogen and oxygen atoms in total. The van der Waals surface area contributed by atoms with E-state index >= 15 is 0 Å². The van der Waals surface area contributed by atoms with Crippen molar-refractivity contribution in [2.24, 2.45) is 5.92 Å². The van der Waals surface area contributed by atoms with Gasteiger partial charge < -0.3 is 5.32 Å². The molecule has 0 amide bonds. The smallest absolute Gasteiger partial charge is 0.153 e. The van der Waals surface area contributed by atoms with Gasteiger partial charge in [0.2, 0.25) is 0 Å². The maximum Gasteiger partial charge on any atom is 0.153 e. The number of nitrogens with one attached hydrogen (secondary N) is 1. The molecule has 0 rings (SSSR count). The first kappa shape index (κ1) is 14.9. The van der Waals surface area contributed by atoms with Crippen LogP contribution in [0.25, 0.3) is 0 Å². The molecular formula is C11H25NO2S. The SMILES string of the molecule is CC(C)CCCNCCS(=O)(=O)C(C)C. The summed E-state index contributed by atoms with van der Waals surface area (Å²) in [5.41, 5.74) is 0. The summed E-state index contributed by atoms with van der Waals surface area (Å²) >= 11 is 0. The van der Waals surface area contributed by atoms with E-state index in [-0.39, 0.29) is 11.0 Å². The van der Waals surface area contributed by atoms with Crippen molar-refractivity contribution in [2.45, 2.75) is 45.8 Å². The van der Waals surface area contributed by atoms with Crippen LogP contribution in [0.3, 0.4) is 0 Å². The maximum atomic E-state index is 11.4. The Kier molecular flexibility index (Phi) is 7.18. The molecule has 0 aliphatic rings. The Balaban J connectivity index is 3.47. The van der Waals surface area contributed by atoms with Gasteiger partial charge in [0.25, 0.3) is 0 Å². The van der Waals surface area contributed by atoms with Crippen LogP contribution in [0.2, 0.25) is 0 Å². The van der Waals surface area contributed by atoms with E-state index in [4.69, 9.17) is 0 Å². The van der Waals surface area contributed by atoms with Crippen molar-refractivity contribution in [3.63, 3.8) is 0 Å². The summed E-state index contributed by atoms with van der Waals surface area (Å²) in [4.78, 5) is 0. The summed E-state index contributed by atoms with van der Waals surface area (Å²) in [5, 5.41) is 2.92. The number of sulfone groups is 1. The molecule has 0 aliphatic heterocycles. The molecule has 0 saturated heterocycles. The highest BCUT2D eigenvalue weighted by Gasteiger charge is 2.14. The summed E-state index contributed by atoms with van der Waals surface area (Å²) < 4.78 is 22.9. The molecule has 92 valence electrons. The second kappa shape index (κ2) is 7.23. The average molecular weight is 235 g/mol. The third-order valence-corrected chi connectivity index (χ3v) is 4.63. The van der Waals surface area contributed by atoms with Crippen LogP contribution in [0.15, 0.2) is 0 Å². The van der Waals surface area contributed by atoms with E-state index in [1.54, 1.807) is 13.8 Å². The third kappa shape index (κ3) is 7.79. The van der Waals surface area contributed by atoms with Crippen LogP contribution >= 0.6 is 0 Å². The minimum atomic E-state index is -2.86. The molecule has 0 unspecified atom stereocenters. The fourth-order valence-corrected chi connectivity index (χ4v) is 2.11. The normalized spacial score (nSPS) is 12.7. The molecule has 1 N–H and O–H groups in total. The first-order valence-corrected chi connectivity index (χ1v) is 7.50. The Morgan fingerprint density at radius 3 is 2.13 bits per heavy atom. The summed E-state index contributed by atoms with van der Waals surface area (Å²) in [6.45, 7) is 9.36.